The number of nitrogens with one attached hydrogen (secondary N) is 2. The van der Waals surface area contributed by atoms with Crippen molar-refractivity contribution in [2.75, 3.05) is 4.72 Å². The van der Waals surface area contributed by atoms with E-state index in [1.54, 1.807) is 47.7 Å². The molecule has 2 aromatic carbocycles. The van der Waals surface area contributed by atoms with E-state index < -0.39 is 10.0 Å². The third kappa shape index (κ3) is 3.51. The maximum Gasteiger partial charge on any atom is 0.261 e. The third-order valence-corrected chi connectivity index (χ3v) is 6.00. The second-order valence-electron chi connectivity index (χ2n) is 5.87. The number of hydrogen-bond acceptors (Lipinski definition) is 4. The van der Waals surface area contributed by atoms with Crippen LogP contribution in [-0.4, -0.2) is 28.2 Å². The summed E-state index contributed by atoms with van der Waals surface area (Å²) >= 11 is 12.3. The Balaban J connectivity index is 1.68. The minimum absolute atomic E-state index is 0.147. The number of fused-ring (bicyclic) bond motifs is 1. The highest BCUT2D eigenvalue weighted by Gasteiger charge is 2.18. The summed E-state index contributed by atoms with van der Waals surface area (Å²) in [5.41, 5.74) is 1.70. The molecule has 4 rings (SSSR count). The van der Waals surface area contributed by atoms with Crippen LogP contribution in [0.1, 0.15) is 5.56 Å². The second kappa shape index (κ2) is 6.88. The maximum absolute atomic E-state index is 12.9. The van der Waals surface area contributed by atoms with Crippen LogP contribution in [0.2, 0.25) is 10.0 Å². The molecule has 27 heavy (non-hydrogen) atoms. The van der Waals surface area contributed by atoms with Crippen LogP contribution in [-0.2, 0) is 16.6 Å². The van der Waals surface area contributed by atoms with E-state index >= 15 is 0 Å². The lowest BCUT2D eigenvalue weighted by Gasteiger charge is -2.11. The minimum atomic E-state index is -3.81. The van der Waals surface area contributed by atoms with Crippen molar-refractivity contribution in [1.29, 1.82) is 0 Å². The summed E-state index contributed by atoms with van der Waals surface area (Å²) in [7, 11) is -3.81. The van der Waals surface area contributed by atoms with Crippen molar-refractivity contribution in [3.8, 4) is 0 Å². The molecule has 0 aliphatic rings. The van der Waals surface area contributed by atoms with E-state index in [0.717, 1.165) is 5.56 Å². The van der Waals surface area contributed by atoms with Gasteiger partial charge in [-0.1, -0.05) is 35.3 Å². The average Bonchev–Trinajstić information content (AvgIpc) is 3.28. The maximum atomic E-state index is 12.9. The predicted octanol–water partition coefficient (Wildman–Crippen LogP) is 3.92. The Bertz CT molecular complexity index is 1220. The van der Waals surface area contributed by atoms with E-state index in [0.29, 0.717) is 33.2 Å². The number of aromatic amines is 1. The number of nitrogens with zero attached hydrogens (tertiary/aromatic N) is 3. The Labute approximate surface area is 165 Å². The van der Waals surface area contributed by atoms with Gasteiger partial charge < -0.3 is 9.55 Å². The smallest absolute Gasteiger partial charge is 0.261 e. The SMILES string of the molecule is O=S(=O)(Nc1ccc(Cl)c2c(Cl)c[nH]c12)c1cccc(Cn2cnnc2)c1. The number of rotatable bonds is 5. The number of H-pyrrole nitrogens is 1. The lowest BCUT2D eigenvalue weighted by atomic mass is 10.2. The van der Waals surface area contributed by atoms with Gasteiger partial charge in [0.1, 0.15) is 12.7 Å². The summed E-state index contributed by atoms with van der Waals surface area (Å²) in [6.07, 6.45) is 4.70. The number of halogens is 2. The van der Waals surface area contributed by atoms with Gasteiger partial charge in [0.2, 0.25) is 0 Å². The molecule has 138 valence electrons. The first-order chi connectivity index (χ1) is 12.9. The molecule has 0 aliphatic heterocycles. The van der Waals surface area contributed by atoms with Crippen LogP contribution in [0.5, 0.6) is 0 Å². The second-order valence-corrected chi connectivity index (χ2v) is 8.37. The van der Waals surface area contributed by atoms with Crippen molar-refractivity contribution < 1.29 is 8.42 Å². The average molecular weight is 422 g/mol. The fourth-order valence-electron chi connectivity index (χ4n) is 2.78. The van der Waals surface area contributed by atoms with Gasteiger partial charge in [-0.25, -0.2) is 8.42 Å². The van der Waals surface area contributed by atoms with E-state index in [1.807, 2.05) is 6.07 Å². The fourth-order valence-corrected chi connectivity index (χ4v) is 4.48. The Morgan fingerprint density at radius 3 is 2.63 bits per heavy atom. The number of hydrogen-bond donors (Lipinski definition) is 2. The first-order valence-electron chi connectivity index (χ1n) is 7.83. The van der Waals surface area contributed by atoms with Crippen molar-refractivity contribution in [3.63, 3.8) is 0 Å². The Hall–Kier alpha value is -2.55. The van der Waals surface area contributed by atoms with E-state index in [1.165, 1.54) is 6.07 Å². The molecule has 0 aliphatic carbocycles. The Kier molecular flexibility index (Phi) is 4.55. The molecule has 0 atom stereocenters. The van der Waals surface area contributed by atoms with Crippen molar-refractivity contribution in [2.45, 2.75) is 11.4 Å². The zero-order valence-electron chi connectivity index (χ0n) is 13.7. The highest BCUT2D eigenvalue weighted by molar-refractivity contribution is 7.92. The summed E-state index contributed by atoms with van der Waals surface area (Å²) in [6.45, 7) is 0.466. The van der Waals surface area contributed by atoms with Crippen LogP contribution in [0, 0.1) is 0 Å². The molecule has 2 aromatic heterocycles. The molecule has 0 saturated heterocycles. The van der Waals surface area contributed by atoms with Crippen LogP contribution in [0.15, 0.2) is 60.1 Å². The summed E-state index contributed by atoms with van der Waals surface area (Å²) in [4.78, 5) is 3.10. The first-order valence-corrected chi connectivity index (χ1v) is 10.1. The number of sulfonamides is 1. The van der Waals surface area contributed by atoms with Crippen LogP contribution in [0.25, 0.3) is 10.9 Å². The van der Waals surface area contributed by atoms with Gasteiger partial charge in [-0.15, -0.1) is 10.2 Å². The molecule has 0 unspecified atom stereocenters. The van der Waals surface area contributed by atoms with Gasteiger partial charge in [0.25, 0.3) is 10.0 Å². The Morgan fingerprint density at radius 1 is 1.07 bits per heavy atom. The largest absolute Gasteiger partial charge is 0.358 e. The molecular weight excluding hydrogens is 409 g/mol. The zero-order valence-corrected chi connectivity index (χ0v) is 16.1. The van der Waals surface area contributed by atoms with Crippen LogP contribution in [0.4, 0.5) is 5.69 Å². The highest BCUT2D eigenvalue weighted by atomic mass is 35.5. The molecule has 10 heteroatoms. The topological polar surface area (TPSA) is 92.7 Å². The van der Waals surface area contributed by atoms with E-state index in [2.05, 4.69) is 19.9 Å². The number of anilines is 1. The molecule has 0 spiro atoms. The van der Waals surface area contributed by atoms with Gasteiger partial charge in [0.05, 0.1) is 32.7 Å². The highest BCUT2D eigenvalue weighted by Crippen LogP contribution is 2.35. The molecule has 2 heterocycles. The molecule has 0 radical (unpaired) electrons. The summed E-state index contributed by atoms with van der Waals surface area (Å²) in [6, 6.07) is 9.87. The van der Waals surface area contributed by atoms with E-state index in [-0.39, 0.29) is 4.90 Å². The normalized spacial score (nSPS) is 11.8. The van der Waals surface area contributed by atoms with Gasteiger partial charge in [-0.3, -0.25) is 4.72 Å². The molecule has 0 bridgehead atoms. The first kappa shape index (κ1) is 17.8. The van der Waals surface area contributed by atoms with Gasteiger partial charge in [0, 0.05) is 11.6 Å². The number of benzene rings is 2. The minimum Gasteiger partial charge on any atom is -0.358 e. The van der Waals surface area contributed by atoms with Crippen molar-refractivity contribution in [1.82, 2.24) is 19.7 Å². The van der Waals surface area contributed by atoms with Gasteiger partial charge >= 0.3 is 0 Å². The molecule has 2 N–H and O–H groups in total. The summed E-state index contributed by atoms with van der Waals surface area (Å²) < 4.78 is 30.1. The van der Waals surface area contributed by atoms with Crippen molar-refractivity contribution in [2.24, 2.45) is 0 Å². The summed E-state index contributed by atoms with van der Waals surface area (Å²) in [5, 5.41) is 8.91. The Morgan fingerprint density at radius 2 is 1.85 bits per heavy atom. The zero-order chi connectivity index (χ0) is 19.0. The van der Waals surface area contributed by atoms with Crippen molar-refractivity contribution >= 4 is 49.8 Å². The standard InChI is InChI=1S/C17H13Cl2N5O2S/c18-13-4-5-15(17-16(13)14(19)7-20-17)23-27(25,26)12-3-1-2-11(6-12)8-24-9-21-22-10-24/h1-7,9-10,20,23H,8H2. The van der Waals surface area contributed by atoms with E-state index in [4.69, 9.17) is 23.2 Å². The molecular formula is C17H13Cl2N5O2S. The monoisotopic (exact) mass is 421 g/mol. The van der Waals surface area contributed by atoms with Gasteiger partial charge in [-0.2, -0.15) is 0 Å². The number of aromatic nitrogens is 4. The molecule has 0 saturated carbocycles. The predicted molar refractivity (Wildman–Crippen MR) is 105 cm³/mol. The lowest BCUT2D eigenvalue weighted by Crippen LogP contribution is -2.13. The van der Waals surface area contributed by atoms with Gasteiger partial charge in [0.15, 0.2) is 0 Å². The third-order valence-electron chi connectivity index (χ3n) is 4.02. The van der Waals surface area contributed by atoms with E-state index in [9.17, 15) is 8.42 Å². The molecule has 4 aromatic rings. The van der Waals surface area contributed by atoms with Crippen molar-refractivity contribution in [3.05, 3.63) is 70.9 Å². The van der Waals surface area contributed by atoms with Gasteiger partial charge in [-0.05, 0) is 29.8 Å². The lowest BCUT2D eigenvalue weighted by molar-refractivity contribution is 0.601. The quantitative estimate of drug-likeness (QED) is 0.510. The molecule has 7 nitrogen and oxygen atoms in total. The molecule has 0 amide bonds. The van der Waals surface area contributed by atoms with Crippen LogP contribution in [0.3, 0.4) is 0 Å². The molecule has 0 fully saturated rings. The summed E-state index contributed by atoms with van der Waals surface area (Å²) in [5.74, 6) is 0. The van der Waals surface area contributed by atoms with Crippen LogP contribution >= 0.6 is 23.2 Å². The van der Waals surface area contributed by atoms with Crippen LogP contribution < -0.4 is 4.72 Å². The fraction of sp³-hybridized carbons (Fsp3) is 0.0588.